The van der Waals surface area contributed by atoms with Gasteiger partial charge in [-0.1, -0.05) is 12.1 Å². The van der Waals surface area contributed by atoms with Crippen molar-refractivity contribution in [2.45, 2.75) is 38.3 Å². The normalized spacial score (nSPS) is 19.6. The number of benzene rings is 1. The fourth-order valence-corrected chi connectivity index (χ4v) is 2.85. The van der Waals surface area contributed by atoms with Crippen LogP contribution in [0, 0.1) is 11.8 Å². The van der Waals surface area contributed by atoms with Gasteiger partial charge >= 0.3 is 0 Å². The van der Waals surface area contributed by atoms with E-state index in [-0.39, 0.29) is 0 Å². The Kier molecular flexibility index (Phi) is 3.29. The molecule has 0 radical (unpaired) electrons. The third-order valence-corrected chi connectivity index (χ3v) is 4.02. The van der Waals surface area contributed by atoms with Crippen LogP contribution in [0.1, 0.15) is 31.2 Å². The molecule has 2 aliphatic rings. The lowest BCUT2D eigenvalue weighted by molar-refractivity contribution is 0.402. The van der Waals surface area contributed by atoms with Crippen molar-refractivity contribution in [3.05, 3.63) is 29.8 Å². The first kappa shape index (κ1) is 12.0. The number of nitrogens with one attached hydrogen (secondary N) is 1. The summed E-state index contributed by atoms with van der Waals surface area (Å²) in [5, 5.41) is 3.80. The van der Waals surface area contributed by atoms with E-state index in [9.17, 15) is 0 Å². The molecule has 2 heteroatoms. The molecule has 98 valence electrons. The fourth-order valence-electron chi connectivity index (χ4n) is 2.85. The van der Waals surface area contributed by atoms with E-state index in [1.54, 1.807) is 0 Å². The zero-order chi connectivity index (χ0) is 12.5. The maximum absolute atomic E-state index is 3.80. The van der Waals surface area contributed by atoms with E-state index in [2.05, 4.69) is 48.6 Å². The van der Waals surface area contributed by atoms with Crippen LogP contribution in [0.2, 0.25) is 0 Å². The van der Waals surface area contributed by atoms with Gasteiger partial charge in [-0.05, 0) is 69.3 Å². The third kappa shape index (κ3) is 3.05. The van der Waals surface area contributed by atoms with Gasteiger partial charge in [0.2, 0.25) is 0 Å². The fraction of sp³-hybridized carbons (Fsp3) is 0.625. The van der Waals surface area contributed by atoms with Crippen molar-refractivity contribution in [2.24, 2.45) is 11.8 Å². The first-order valence-corrected chi connectivity index (χ1v) is 7.22. The average Bonchev–Trinajstić information content (AvgIpc) is 3.18. The van der Waals surface area contributed by atoms with Crippen molar-refractivity contribution < 1.29 is 0 Å². The lowest BCUT2D eigenvalue weighted by Gasteiger charge is -2.20. The quantitative estimate of drug-likeness (QED) is 0.825. The predicted molar refractivity (Wildman–Crippen MR) is 76.7 cm³/mol. The van der Waals surface area contributed by atoms with E-state index < -0.39 is 0 Å². The highest BCUT2D eigenvalue weighted by atomic mass is 15.0. The van der Waals surface area contributed by atoms with E-state index in [1.165, 1.54) is 36.9 Å². The Balaban J connectivity index is 1.67. The van der Waals surface area contributed by atoms with Crippen molar-refractivity contribution in [2.75, 3.05) is 19.4 Å². The van der Waals surface area contributed by atoms with E-state index in [0.29, 0.717) is 0 Å². The summed E-state index contributed by atoms with van der Waals surface area (Å²) < 4.78 is 0. The molecule has 2 aliphatic carbocycles. The molecule has 2 fully saturated rings. The molecule has 0 aromatic heterocycles. The van der Waals surface area contributed by atoms with Crippen LogP contribution in [0.25, 0.3) is 0 Å². The summed E-state index contributed by atoms with van der Waals surface area (Å²) in [4.78, 5) is 2.22. The molecule has 2 saturated carbocycles. The second-order valence-electron chi connectivity index (χ2n) is 6.28. The van der Waals surface area contributed by atoms with Crippen LogP contribution in [-0.2, 0) is 6.54 Å². The Labute approximate surface area is 110 Å². The van der Waals surface area contributed by atoms with E-state index in [1.807, 2.05) is 0 Å². The van der Waals surface area contributed by atoms with Gasteiger partial charge in [0.25, 0.3) is 0 Å². The zero-order valence-electron chi connectivity index (χ0n) is 11.5. The molecule has 0 unspecified atom stereocenters. The number of hydrogen-bond acceptors (Lipinski definition) is 2. The summed E-state index contributed by atoms with van der Waals surface area (Å²) >= 11 is 0. The predicted octanol–water partition coefficient (Wildman–Crippen LogP) is 3.35. The van der Waals surface area contributed by atoms with Gasteiger partial charge in [0, 0.05) is 18.3 Å². The van der Waals surface area contributed by atoms with Crippen LogP contribution in [0.3, 0.4) is 0 Å². The topological polar surface area (TPSA) is 15.3 Å². The van der Waals surface area contributed by atoms with Crippen LogP contribution in [0.4, 0.5) is 5.69 Å². The molecule has 2 nitrogen and oxygen atoms in total. The summed E-state index contributed by atoms with van der Waals surface area (Å²) in [6.07, 6.45) is 5.74. The first-order valence-electron chi connectivity index (χ1n) is 7.22. The molecule has 1 aromatic rings. The number of rotatable bonds is 6. The summed E-state index contributed by atoms with van der Waals surface area (Å²) in [6, 6.07) is 9.68. The van der Waals surface area contributed by atoms with Crippen molar-refractivity contribution in [1.29, 1.82) is 0 Å². The first-order chi connectivity index (χ1) is 8.72. The van der Waals surface area contributed by atoms with E-state index in [0.717, 1.165) is 24.4 Å². The lowest BCUT2D eigenvalue weighted by atomic mass is 10.1. The van der Waals surface area contributed by atoms with Gasteiger partial charge in [-0.25, -0.2) is 0 Å². The Morgan fingerprint density at radius 2 is 1.83 bits per heavy atom. The van der Waals surface area contributed by atoms with Crippen molar-refractivity contribution in [1.82, 2.24) is 4.90 Å². The largest absolute Gasteiger partial charge is 0.382 e. The minimum Gasteiger partial charge on any atom is -0.382 e. The van der Waals surface area contributed by atoms with Crippen molar-refractivity contribution in [3.63, 3.8) is 0 Å². The van der Waals surface area contributed by atoms with Gasteiger partial charge in [0.05, 0.1) is 0 Å². The molecular formula is C16H24N2. The van der Waals surface area contributed by atoms with Gasteiger partial charge in [0.1, 0.15) is 0 Å². The van der Waals surface area contributed by atoms with Gasteiger partial charge < -0.3 is 10.2 Å². The monoisotopic (exact) mass is 244 g/mol. The maximum atomic E-state index is 3.80. The average molecular weight is 244 g/mol. The summed E-state index contributed by atoms with van der Waals surface area (Å²) in [5.41, 5.74) is 2.72. The molecule has 1 N–H and O–H groups in total. The summed E-state index contributed by atoms with van der Waals surface area (Å²) in [7, 11) is 4.24. The van der Waals surface area contributed by atoms with Crippen LogP contribution < -0.4 is 5.32 Å². The van der Waals surface area contributed by atoms with E-state index >= 15 is 0 Å². The van der Waals surface area contributed by atoms with Gasteiger partial charge in [-0.3, -0.25) is 0 Å². The van der Waals surface area contributed by atoms with Crippen molar-refractivity contribution in [3.8, 4) is 0 Å². The molecule has 0 spiro atoms. The molecule has 18 heavy (non-hydrogen) atoms. The second kappa shape index (κ2) is 4.93. The van der Waals surface area contributed by atoms with Crippen LogP contribution in [0.5, 0.6) is 0 Å². The third-order valence-electron chi connectivity index (χ3n) is 4.02. The van der Waals surface area contributed by atoms with Gasteiger partial charge in [0.15, 0.2) is 0 Å². The molecule has 0 amide bonds. The van der Waals surface area contributed by atoms with Crippen molar-refractivity contribution >= 4 is 5.69 Å². The SMILES string of the molecule is CN(C)Cc1cccc(NC(C2CC2)C2CC2)c1. The number of anilines is 1. The number of nitrogens with zero attached hydrogens (tertiary/aromatic N) is 1. The summed E-state index contributed by atoms with van der Waals surface area (Å²) in [5.74, 6) is 1.91. The Hall–Kier alpha value is -1.02. The Morgan fingerprint density at radius 1 is 1.17 bits per heavy atom. The molecular weight excluding hydrogens is 220 g/mol. The highest BCUT2D eigenvalue weighted by Gasteiger charge is 2.41. The van der Waals surface area contributed by atoms with Crippen LogP contribution in [-0.4, -0.2) is 25.0 Å². The van der Waals surface area contributed by atoms with E-state index in [4.69, 9.17) is 0 Å². The standard InChI is InChI=1S/C16H24N2/c1-18(2)11-12-4-3-5-15(10-12)17-16(13-6-7-13)14-8-9-14/h3-5,10,13-14,16-17H,6-9,11H2,1-2H3. The molecule has 0 bridgehead atoms. The van der Waals surface area contributed by atoms with Crippen LogP contribution in [0.15, 0.2) is 24.3 Å². The molecule has 1 aromatic carbocycles. The molecule has 3 rings (SSSR count). The van der Waals surface area contributed by atoms with Gasteiger partial charge in [-0.2, -0.15) is 0 Å². The summed E-state index contributed by atoms with van der Waals surface area (Å²) in [6.45, 7) is 1.02. The Morgan fingerprint density at radius 3 is 2.39 bits per heavy atom. The molecule has 0 saturated heterocycles. The van der Waals surface area contributed by atoms with Gasteiger partial charge in [-0.15, -0.1) is 0 Å². The van der Waals surface area contributed by atoms with Crippen LogP contribution >= 0.6 is 0 Å². The molecule has 0 heterocycles. The second-order valence-corrected chi connectivity index (χ2v) is 6.28. The highest BCUT2D eigenvalue weighted by molar-refractivity contribution is 5.47. The number of hydrogen-bond donors (Lipinski definition) is 1. The minimum absolute atomic E-state index is 0.750. The zero-order valence-corrected chi connectivity index (χ0v) is 11.5. The highest BCUT2D eigenvalue weighted by Crippen LogP contribution is 2.45. The smallest absolute Gasteiger partial charge is 0.0345 e. The minimum atomic E-state index is 0.750. The lowest BCUT2D eigenvalue weighted by Crippen LogP contribution is -2.24. The molecule has 0 aliphatic heterocycles. The molecule has 0 atom stereocenters. The Bertz CT molecular complexity index is 393. The maximum Gasteiger partial charge on any atom is 0.0345 e.